The minimum Gasteiger partial charge on any atom is -0.756 e. The Kier molecular flexibility index (Phi) is 10.5. The Morgan fingerprint density at radius 3 is 2.26 bits per heavy atom. The number of nitrogens with one attached hydrogen (secondary N) is 1. The molecule has 1 fully saturated rings. The van der Waals surface area contributed by atoms with E-state index in [0.717, 1.165) is 10.8 Å². The van der Waals surface area contributed by atoms with Gasteiger partial charge in [0, 0.05) is 6.20 Å². The van der Waals surface area contributed by atoms with Crippen LogP contribution in [0.25, 0.3) is 0 Å². The number of halogens is 1. The molecule has 1 saturated heterocycles. The van der Waals surface area contributed by atoms with Crippen LogP contribution < -0.4 is 45.7 Å². The van der Waals surface area contributed by atoms with Crippen LogP contribution in [0, 0.1) is 3.57 Å². The SMILES string of the molecule is O=c1[nH]c(=O)n([C@@H]2O[C@H](COP(=O)(O)OP(=O)(O)OP(=O)([O-])O)[C@@H](O)[C@H]2O)cc1I.[Na+]. The van der Waals surface area contributed by atoms with Crippen molar-refractivity contribution in [3.05, 3.63) is 30.6 Å². The fourth-order valence-electron chi connectivity index (χ4n) is 2.21. The number of aromatic nitrogens is 2. The molecule has 31 heavy (non-hydrogen) atoms. The second-order valence-corrected chi connectivity index (χ2v) is 11.1. The zero-order chi connectivity index (χ0) is 23.1. The Bertz CT molecular complexity index is 1050. The molecule has 6 N–H and O–H groups in total. The molecular weight excluding hydrogens is 619 g/mol. The summed E-state index contributed by atoms with van der Waals surface area (Å²) in [5, 5.41) is 20.1. The normalized spacial score (nSPS) is 29.4. The summed E-state index contributed by atoms with van der Waals surface area (Å²) in [5.41, 5.74) is -1.72. The van der Waals surface area contributed by atoms with Gasteiger partial charge in [-0.1, -0.05) is 0 Å². The predicted molar refractivity (Wildman–Crippen MR) is 97.6 cm³/mol. The number of hydrogen-bond donors (Lipinski definition) is 6. The van der Waals surface area contributed by atoms with Crippen LogP contribution in [0.5, 0.6) is 0 Å². The van der Waals surface area contributed by atoms with E-state index < -0.39 is 65.9 Å². The molecule has 0 spiro atoms. The molecule has 0 bridgehead atoms. The number of phosphoric acid groups is 3. The van der Waals surface area contributed by atoms with Crippen LogP contribution in [0.15, 0.2) is 15.8 Å². The molecule has 172 valence electrons. The van der Waals surface area contributed by atoms with Crippen LogP contribution in [-0.2, 0) is 31.6 Å². The molecule has 0 aliphatic carbocycles. The number of rotatable bonds is 8. The van der Waals surface area contributed by atoms with Crippen molar-refractivity contribution in [2.45, 2.75) is 24.5 Å². The van der Waals surface area contributed by atoms with Crippen LogP contribution in [0.3, 0.4) is 0 Å². The van der Waals surface area contributed by atoms with Crippen molar-refractivity contribution < 1.29 is 90.9 Å². The Balaban J connectivity index is 0.00000480. The zero-order valence-corrected chi connectivity index (χ0v) is 21.9. The first-order chi connectivity index (χ1) is 13.5. The van der Waals surface area contributed by atoms with Crippen molar-refractivity contribution in [3.63, 3.8) is 0 Å². The second kappa shape index (κ2) is 11.0. The third-order valence-electron chi connectivity index (χ3n) is 3.35. The molecule has 0 amide bonds. The Morgan fingerprint density at radius 2 is 1.71 bits per heavy atom. The van der Waals surface area contributed by atoms with Crippen molar-refractivity contribution in [1.82, 2.24) is 9.55 Å². The quantitative estimate of drug-likeness (QED) is 0.0887. The summed E-state index contributed by atoms with van der Waals surface area (Å²) in [6, 6.07) is 0. The molecule has 0 saturated carbocycles. The molecule has 1 aliphatic heterocycles. The molecule has 3 unspecified atom stereocenters. The summed E-state index contributed by atoms with van der Waals surface area (Å²) >= 11 is 1.58. The van der Waals surface area contributed by atoms with Crippen LogP contribution in [-0.4, -0.2) is 59.4 Å². The third-order valence-corrected chi connectivity index (χ3v) is 7.90. The largest absolute Gasteiger partial charge is 1.00 e. The number of ether oxygens (including phenoxy) is 1. The van der Waals surface area contributed by atoms with Crippen LogP contribution in [0.4, 0.5) is 0 Å². The first-order valence-electron chi connectivity index (χ1n) is 7.30. The molecule has 2 heterocycles. The smallest absolute Gasteiger partial charge is 0.756 e. The third kappa shape index (κ3) is 8.45. The van der Waals surface area contributed by atoms with Crippen LogP contribution in [0.2, 0.25) is 0 Å². The maximum atomic E-state index is 11.9. The number of hydrogen-bond acceptors (Lipinski definition) is 12. The van der Waals surface area contributed by atoms with E-state index in [1.54, 1.807) is 22.6 Å². The predicted octanol–water partition coefficient (Wildman–Crippen LogP) is -5.52. The number of H-pyrrole nitrogens is 1. The van der Waals surface area contributed by atoms with E-state index in [4.69, 9.17) is 14.5 Å². The van der Waals surface area contributed by atoms with Gasteiger partial charge in [0.05, 0.1) is 10.2 Å². The number of aliphatic hydroxyl groups is 2. The van der Waals surface area contributed by atoms with E-state index in [0.29, 0.717) is 0 Å². The van der Waals surface area contributed by atoms with Crippen LogP contribution in [0.1, 0.15) is 6.23 Å². The van der Waals surface area contributed by atoms with Crippen molar-refractivity contribution in [2.24, 2.45) is 0 Å². The Hall–Kier alpha value is 0.700. The van der Waals surface area contributed by atoms with E-state index in [2.05, 4.69) is 13.1 Å². The monoisotopic (exact) mass is 632 g/mol. The van der Waals surface area contributed by atoms with E-state index in [1.807, 2.05) is 4.98 Å². The van der Waals surface area contributed by atoms with E-state index in [9.17, 15) is 43.3 Å². The van der Waals surface area contributed by atoms with E-state index >= 15 is 0 Å². The molecule has 17 nitrogen and oxygen atoms in total. The molecule has 22 heteroatoms. The first-order valence-corrected chi connectivity index (χ1v) is 12.9. The maximum Gasteiger partial charge on any atom is 1.00 e. The van der Waals surface area contributed by atoms with Gasteiger partial charge in [-0.3, -0.25) is 23.4 Å². The number of aliphatic hydroxyl groups excluding tert-OH is 2. The fourth-order valence-corrected chi connectivity index (χ4v) is 5.65. The molecular formula is C9H13IN2NaO15P3. The number of aromatic amines is 1. The van der Waals surface area contributed by atoms with Gasteiger partial charge >= 0.3 is 50.9 Å². The van der Waals surface area contributed by atoms with Gasteiger partial charge in [0.2, 0.25) is 0 Å². The van der Waals surface area contributed by atoms with Gasteiger partial charge in [-0.05, 0) is 22.6 Å². The molecule has 7 atom stereocenters. The van der Waals surface area contributed by atoms with Crippen molar-refractivity contribution >= 4 is 46.1 Å². The fraction of sp³-hybridized carbons (Fsp3) is 0.556. The van der Waals surface area contributed by atoms with Gasteiger partial charge in [-0.25, -0.2) is 18.2 Å². The van der Waals surface area contributed by atoms with Crippen molar-refractivity contribution in [2.75, 3.05) is 6.61 Å². The van der Waals surface area contributed by atoms with E-state index in [1.165, 1.54) is 0 Å². The van der Waals surface area contributed by atoms with Gasteiger partial charge in [0.15, 0.2) is 6.23 Å². The average molecular weight is 632 g/mol. The number of nitrogens with zero attached hydrogens (tertiary/aromatic N) is 1. The molecule has 2 rings (SSSR count). The van der Waals surface area contributed by atoms with Gasteiger partial charge in [-0.15, -0.1) is 0 Å². The average Bonchev–Trinajstić information content (AvgIpc) is 2.81. The van der Waals surface area contributed by atoms with E-state index in [-0.39, 0.29) is 33.1 Å². The van der Waals surface area contributed by atoms with Gasteiger partial charge < -0.3 is 34.5 Å². The minimum absolute atomic E-state index is 0. The first kappa shape index (κ1) is 29.7. The standard InChI is InChI=1S/C9H14IN2O15P3.Na/c10-3-1-12(9(16)11-7(3)15)8-6(14)5(13)4(25-8)2-24-29(20,21)27-30(22,23)26-28(17,18)19;/h1,4-6,8,13-14H,2H2,(H,20,21)(H,22,23)(H,11,15,16)(H2,17,18,19);/q;+1/p-1/t4-,5-,6-,8-;/m1./s1. The van der Waals surface area contributed by atoms with Crippen molar-refractivity contribution in [3.8, 4) is 0 Å². The van der Waals surface area contributed by atoms with Gasteiger partial charge in [0.25, 0.3) is 13.4 Å². The summed E-state index contributed by atoms with van der Waals surface area (Å²) < 4.78 is 50.5. The molecule has 0 aromatic carbocycles. The zero-order valence-electron chi connectivity index (χ0n) is 15.1. The summed E-state index contributed by atoms with van der Waals surface area (Å²) in [6.07, 6.45) is -5.71. The minimum atomic E-state index is -5.82. The van der Waals surface area contributed by atoms with Gasteiger partial charge in [0.1, 0.15) is 18.3 Å². The molecule has 1 aromatic rings. The van der Waals surface area contributed by atoms with Crippen LogP contribution >= 0.6 is 46.1 Å². The summed E-state index contributed by atoms with van der Waals surface area (Å²) in [6.45, 7) is -1.06. The second-order valence-electron chi connectivity index (χ2n) is 5.55. The maximum absolute atomic E-state index is 11.9. The molecule has 1 aliphatic rings. The molecule has 0 radical (unpaired) electrons. The van der Waals surface area contributed by atoms with Crippen molar-refractivity contribution in [1.29, 1.82) is 0 Å². The molecule has 1 aromatic heterocycles. The summed E-state index contributed by atoms with van der Waals surface area (Å²) in [7, 11) is -17.1. The number of phosphoric ester groups is 1. The van der Waals surface area contributed by atoms with Gasteiger partial charge in [-0.2, -0.15) is 4.31 Å². The summed E-state index contributed by atoms with van der Waals surface area (Å²) in [4.78, 5) is 62.4. The topological polar surface area (TPSA) is 267 Å². The Labute approximate surface area is 207 Å². The summed E-state index contributed by atoms with van der Waals surface area (Å²) in [5.74, 6) is 0. The Morgan fingerprint density at radius 1 is 1.13 bits per heavy atom.